The molecule has 16 heavy (non-hydrogen) atoms. The van der Waals surface area contributed by atoms with Gasteiger partial charge in [0.15, 0.2) is 0 Å². The van der Waals surface area contributed by atoms with Gasteiger partial charge in [-0.05, 0) is 29.4 Å². The molecule has 0 spiro atoms. The molecule has 1 aromatic carbocycles. The molecule has 0 saturated heterocycles. The number of hydrogen-bond acceptors (Lipinski definition) is 0. The van der Waals surface area contributed by atoms with Crippen LogP contribution in [0.25, 0.3) is 0 Å². The Balaban J connectivity index is -0.000000563. The van der Waals surface area contributed by atoms with E-state index in [0.29, 0.717) is 5.92 Å². The van der Waals surface area contributed by atoms with Gasteiger partial charge in [0.2, 0.25) is 0 Å². The molecule has 0 unspecified atom stereocenters. The number of benzene rings is 1. The van der Waals surface area contributed by atoms with Crippen molar-refractivity contribution in [1.82, 2.24) is 0 Å². The highest BCUT2D eigenvalue weighted by atomic mass is 14.1. The Bertz CT molecular complexity index is 241. The molecule has 0 aromatic heterocycles. The van der Waals surface area contributed by atoms with E-state index in [4.69, 9.17) is 0 Å². The van der Waals surface area contributed by atoms with Gasteiger partial charge >= 0.3 is 0 Å². The van der Waals surface area contributed by atoms with Gasteiger partial charge in [-0.15, -0.1) is 0 Å². The molecular weight excluding hydrogens is 192 g/mol. The predicted molar refractivity (Wildman–Crippen MR) is 79.3 cm³/mol. The van der Waals surface area contributed by atoms with Crippen molar-refractivity contribution in [2.75, 3.05) is 0 Å². The lowest BCUT2D eigenvalue weighted by Crippen LogP contribution is -1.94. The largest absolute Gasteiger partial charge is 0.0776 e. The van der Waals surface area contributed by atoms with E-state index in [2.05, 4.69) is 52.0 Å². The van der Waals surface area contributed by atoms with E-state index >= 15 is 0 Å². The number of hydrogen-bond donors (Lipinski definition) is 0. The highest BCUT2D eigenvalue weighted by molar-refractivity contribution is 5.24. The molecule has 0 N–H and O–H groups in total. The molecule has 0 nitrogen and oxygen atoms in total. The fraction of sp³-hybridized carbons (Fsp3) is 0.625. The zero-order valence-corrected chi connectivity index (χ0v) is 9.17. The monoisotopic (exact) mass is 224 g/mol. The summed E-state index contributed by atoms with van der Waals surface area (Å²) in [6.07, 6.45) is 1.19. The van der Waals surface area contributed by atoms with Crippen molar-refractivity contribution in [3.05, 3.63) is 35.4 Å². The smallest absolute Gasteiger partial charge is 0.0219 e. The second-order valence-electron chi connectivity index (χ2n) is 4.49. The minimum Gasteiger partial charge on any atom is -0.0776 e. The topological polar surface area (TPSA) is 0 Å². The lowest BCUT2D eigenvalue weighted by molar-refractivity contribution is 0.647. The molecule has 0 aliphatic carbocycles. The Labute approximate surface area is 104 Å². The van der Waals surface area contributed by atoms with Crippen LogP contribution in [0.3, 0.4) is 0 Å². The minimum atomic E-state index is 0. The third kappa shape index (κ3) is 6.66. The average molecular weight is 224 g/mol. The first kappa shape index (κ1) is 20.6. The van der Waals surface area contributed by atoms with Gasteiger partial charge in [-0.3, -0.25) is 0 Å². The average Bonchev–Trinajstić information content (AvgIpc) is 2.04. The molecule has 0 bridgehead atoms. The Morgan fingerprint density at radius 1 is 0.812 bits per heavy atom. The van der Waals surface area contributed by atoms with Crippen molar-refractivity contribution in [2.45, 2.75) is 62.3 Å². The lowest BCUT2D eigenvalue weighted by atomic mass is 9.98. The highest BCUT2D eigenvalue weighted by Crippen LogP contribution is 2.16. The first-order chi connectivity index (χ1) is 6.09. The Morgan fingerprint density at radius 3 is 1.56 bits per heavy atom. The quantitative estimate of drug-likeness (QED) is 0.598. The molecule has 0 fully saturated rings. The molecule has 0 radical (unpaired) electrons. The van der Waals surface area contributed by atoms with Gasteiger partial charge in [-0.1, -0.05) is 74.2 Å². The second-order valence-corrected chi connectivity index (χ2v) is 4.49. The molecule has 1 aromatic rings. The van der Waals surface area contributed by atoms with Crippen LogP contribution < -0.4 is 0 Å². The molecule has 0 heteroatoms. The second kappa shape index (κ2) is 9.45. The maximum Gasteiger partial charge on any atom is -0.0219 e. The number of rotatable bonds is 3. The zero-order chi connectivity index (χ0) is 9.84. The van der Waals surface area contributed by atoms with Gasteiger partial charge in [0.1, 0.15) is 0 Å². The molecule has 0 saturated carbocycles. The van der Waals surface area contributed by atoms with Crippen LogP contribution in [-0.4, -0.2) is 0 Å². The summed E-state index contributed by atoms with van der Waals surface area (Å²) in [5, 5.41) is 0. The first-order valence-corrected chi connectivity index (χ1v) is 5.18. The Morgan fingerprint density at radius 2 is 1.25 bits per heavy atom. The molecule has 0 amide bonds. The first-order valence-electron chi connectivity index (χ1n) is 5.18. The van der Waals surface area contributed by atoms with E-state index in [1.807, 2.05) is 0 Å². The third-order valence-corrected chi connectivity index (χ3v) is 2.29. The van der Waals surface area contributed by atoms with Crippen LogP contribution in [0.4, 0.5) is 0 Å². The van der Waals surface area contributed by atoms with Crippen LogP contribution in [0.1, 0.15) is 67.0 Å². The summed E-state index contributed by atoms with van der Waals surface area (Å²) in [5.74, 6) is 1.40. The molecular formula is C16H32. The lowest BCUT2D eigenvalue weighted by Gasteiger charge is -2.08. The summed E-state index contributed by atoms with van der Waals surface area (Å²) < 4.78 is 0. The van der Waals surface area contributed by atoms with Crippen LogP contribution in [0.5, 0.6) is 0 Å². The standard InChI is InChI=1S/C13H20.3CH4/c1-10(2)9-12-5-7-13(8-6-12)11(3)4;;;/h5-8,10-11H,9H2,1-4H3;3*1H4. The van der Waals surface area contributed by atoms with Crippen LogP contribution in [0, 0.1) is 5.92 Å². The summed E-state index contributed by atoms with van der Waals surface area (Å²) in [7, 11) is 0. The van der Waals surface area contributed by atoms with Crippen LogP contribution in [0.15, 0.2) is 24.3 Å². The fourth-order valence-electron chi connectivity index (χ4n) is 1.51. The molecule has 0 atom stereocenters. The molecule has 1 rings (SSSR count). The fourth-order valence-corrected chi connectivity index (χ4v) is 1.51. The van der Waals surface area contributed by atoms with E-state index in [1.54, 1.807) is 0 Å². The van der Waals surface area contributed by atoms with Crippen LogP contribution in [0.2, 0.25) is 0 Å². The van der Waals surface area contributed by atoms with Crippen molar-refractivity contribution >= 4 is 0 Å². The summed E-state index contributed by atoms with van der Waals surface area (Å²) in [6.45, 7) is 8.99. The van der Waals surface area contributed by atoms with Crippen molar-refractivity contribution in [2.24, 2.45) is 5.92 Å². The van der Waals surface area contributed by atoms with E-state index in [0.717, 1.165) is 5.92 Å². The third-order valence-electron chi connectivity index (χ3n) is 2.29. The molecule has 0 aliphatic rings. The maximum atomic E-state index is 2.26. The predicted octanol–water partition coefficient (Wildman–Crippen LogP) is 5.92. The van der Waals surface area contributed by atoms with Crippen molar-refractivity contribution < 1.29 is 0 Å². The van der Waals surface area contributed by atoms with Crippen molar-refractivity contribution in [3.63, 3.8) is 0 Å². The minimum absolute atomic E-state index is 0. The maximum absolute atomic E-state index is 2.26. The Kier molecular flexibility index (Phi) is 12.2. The van der Waals surface area contributed by atoms with E-state index < -0.39 is 0 Å². The van der Waals surface area contributed by atoms with Gasteiger partial charge in [-0.25, -0.2) is 0 Å². The SMILES string of the molecule is C.C.C.CC(C)Cc1ccc(C(C)C)cc1. The molecule has 0 heterocycles. The van der Waals surface area contributed by atoms with Crippen LogP contribution >= 0.6 is 0 Å². The van der Waals surface area contributed by atoms with E-state index in [-0.39, 0.29) is 22.3 Å². The van der Waals surface area contributed by atoms with E-state index in [9.17, 15) is 0 Å². The van der Waals surface area contributed by atoms with E-state index in [1.165, 1.54) is 17.5 Å². The van der Waals surface area contributed by atoms with Gasteiger partial charge in [0.05, 0.1) is 0 Å². The highest BCUT2D eigenvalue weighted by Gasteiger charge is 2.00. The van der Waals surface area contributed by atoms with Gasteiger partial charge in [-0.2, -0.15) is 0 Å². The molecule has 96 valence electrons. The summed E-state index contributed by atoms with van der Waals surface area (Å²) in [5.41, 5.74) is 2.90. The normalized spacial score (nSPS) is 9.12. The van der Waals surface area contributed by atoms with Gasteiger partial charge in [0, 0.05) is 0 Å². The van der Waals surface area contributed by atoms with Gasteiger partial charge < -0.3 is 0 Å². The summed E-state index contributed by atoms with van der Waals surface area (Å²) >= 11 is 0. The Hall–Kier alpha value is -0.780. The summed E-state index contributed by atoms with van der Waals surface area (Å²) in [6, 6.07) is 9.02. The summed E-state index contributed by atoms with van der Waals surface area (Å²) in [4.78, 5) is 0. The van der Waals surface area contributed by atoms with Crippen molar-refractivity contribution in [1.29, 1.82) is 0 Å². The molecule has 0 aliphatic heterocycles. The zero-order valence-electron chi connectivity index (χ0n) is 9.17. The van der Waals surface area contributed by atoms with Crippen LogP contribution in [-0.2, 0) is 6.42 Å². The van der Waals surface area contributed by atoms with Gasteiger partial charge in [0.25, 0.3) is 0 Å². The van der Waals surface area contributed by atoms with Crippen molar-refractivity contribution in [3.8, 4) is 0 Å².